The summed E-state index contributed by atoms with van der Waals surface area (Å²) in [5, 5.41) is 18.7. The zero-order valence-corrected chi connectivity index (χ0v) is 9.71. The minimum absolute atomic E-state index is 0.0892. The number of ether oxygens (including phenoxy) is 1. The van der Waals surface area contributed by atoms with E-state index in [1.54, 1.807) is 19.1 Å². The van der Waals surface area contributed by atoms with Crippen LogP contribution in [0.15, 0.2) is 16.6 Å². The van der Waals surface area contributed by atoms with Crippen molar-refractivity contribution in [3.63, 3.8) is 0 Å². The van der Waals surface area contributed by atoms with Gasteiger partial charge in [-0.3, -0.25) is 0 Å². The van der Waals surface area contributed by atoms with Crippen molar-refractivity contribution in [2.75, 3.05) is 7.11 Å². The number of aliphatic hydroxyl groups is 1. The van der Waals surface area contributed by atoms with Crippen molar-refractivity contribution < 1.29 is 14.9 Å². The van der Waals surface area contributed by atoms with Crippen LogP contribution in [-0.4, -0.2) is 23.4 Å². The number of methoxy groups -OCH3 is 1. The number of phenolic OH excluding ortho intramolecular Hbond substituents is 1. The fraction of sp³-hybridized carbons (Fsp3) is 0.400. The lowest BCUT2D eigenvalue weighted by molar-refractivity contribution is 0.195. The van der Waals surface area contributed by atoms with Crippen LogP contribution in [-0.2, 0) is 6.42 Å². The molecule has 0 aliphatic carbocycles. The smallest absolute Gasteiger partial charge is 0.161 e. The van der Waals surface area contributed by atoms with Crippen LogP contribution in [0.3, 0.4) is 0 Å². The van der Waals surface area contributed by atoms with E-state index in [1.165, 1.54) is 7.11 Å². The Kier molecular flexibility index (Phi) is 3.77. The van der Waals surface area contributed by atoms with Crippen molar-refractivity contribution in [2.45, 2.75) is 19.4 Å². The molecule has 2 N–H and O–H groups in total. The molecule has 1 aromatic rings. The summed E-state index contributed by atoms with van der Waals surface area (Å²) in [6.07, 6.45) is 0.0668. The first-order valence-electron chi connectivity index (χ1n) is 4.28. The molecule has 1 aromatic carbocycles. The summed E-state index contributed by atoms with van der Waals surface area (Å²) in [4.78, 5) is 0. The maximum atomic E-state index is 9.50. The van der Waals surface area contributed by atoms with E-state index in [0.29, 0.717) is 12.2 Å². The molecule has 0 aliphatic rings. The third kappa shape index (κ3) is 2.62. The van der Waals surface area contributed by atoms with E-state index in [0.717, 1.165) is 10.0 Å². The third-order valence-electron chi connectivity index (χ3n) is 1.86. The van der Waals surface area contributed by atoms with Crippen LogP contribution < -0.4 is 4.74 Å². The fourth-order valence-electron chi connectivity index (χ4n) is 1.23. The number of phenols is 1. The summed E-state index contributed by atoms with van der Waals surface area (Å²) in [5.41, 5.74) is 0.860. The van der Waals surface area contributed by atoms with Crippen molar-refractivity contribution in [2.24, 2.45) is 0 Å². The number of aromatic hydroxyl groups is 1. The maximum Gasteiger partial charge on any atom is 0.161 e. The number of halogens is 1. The monoisotopic (exact) mass is 260 g/mol. The first-order chi connectivity index (χ1) is 6.54. The van der Waals surface area contributed by atoms with Gasteiger partial charge < -0.3 is 14.9 Å². The molecular weight excluding hydrogens is 248 g/mol. The Hall–Kier alpha value is -0.740. The summed E-state index contributed by atoms with van der Waals surface area (Å²) >= 11 is 3.35. The topological polar surface area (TPSA) is 49.7 Å². The largest absolute Gasteiger partial charge is 0.504 e. The van der Waals surface area contributed by atoms with Gasteiger partial charge in [0.1, 0.15) is 0 Å². The molecule has 0 saturated carbocycles. The minimum atomic E-state index is -0.431. The van der Waals surface area contributed by atoms with Crippen molar-refractivity contribution in [3.05, 3.63) is 22.2 Å². The highest BCUT2D eigenvalue weighted by Crippen LogP contribution is 2.32. The number of hydrogen-bond donors (Lipinski definition) is 2. The van der Waals surface area contributed by atoms with Crippen LogP contribution in [0.1, 0.15) is 12.5 Å². The number of rotatable bonds is 3. The fourth-order valence-corrected chi connectivity index (χ4v) is 1.71. The van der Waals surface area contributed by atoms with Gasteiger partial charge in [-0.25, -0.2) is 0 Å². The molecule has 0 bridgehead atoms. The van der Waals surface area contributed by atoms with Gasteiger partial charge in [-0.05, 0) is 31.0 Å². The molecule has 0 aliphatic heterocycles. The second-order valence-electron chi connectivity index (χ2n) is 3.17. The zero-order valence-electron chi connectivity index (χ0n) is 8.12. The summed E-state index contributed by atoms with van der Waals surface area (Å²) < 4.78 is 5.77. The van der Waals surface area contributed by atoms with E-state index in [9.17, 15) is 10.2 Å². The molecule has 78 valence electrons. The third-order valence-corrected chi connectivity index (χ3v) is 2.60. The summed E-state index contributed by atoms with van der Waals surface area (Å²) in [7, 11) is 1.50. The summed E-state index contributed by atoms with van der Waals surface area (Å²) in [6.45, 7) is 1.70. The lowest BCUT2D eigenvalue weighted by Gasteiger charge is -2.10. The van der Waals surface area contributed by atoms with E-state index in [2.05, 4.69) is 15.9 Å². The minimum Gasteiger partial charge on any atom is -0.504 e. The predicted octanol–water partition coefficient (Wildman–Crippen LogP) is 2.09. The van der Waals surface area contributed by atoms with Gasteiger partial charge in [0, 0.05) is 4.47 Å². The van der Waals surface area contributed by atoms with Crippen LogP contribution >= 0.6 is 15.9 Å². The lowest BCUT2D eigenvalue weighted by Crippen LogP contribution is -2.04. The molecule has 0 heterocycles. The van der Waals surface area contributed by atoms with Crippen LogP contribution in [0.25, 0.3) is 0 Å². The Bertz CT molecular complexity index is 323. The molecule has 0 unspecified atom stereocenters. The molecule has 0 aromatic heterocycles. The molecule has 0 radical (unpaired) electrons. The Labute approximate surface area is 91.5 Å². The Balaban J connectivity index is 3.02. The van der Waals surface area contributed by atoms with Gasteiger partial charge in [0.15, 0.2) is 11.5 Å². The standard InChI is InChI=1S/C10H13BrO3/c1-6(12)3-7-4-9(13)10(14-2)5-8(7)11/h4-6,12-13H,3H2,1-2H3/t6-/m1/s1. The molecular formula is C10H13BrO3. The van der Waals surface area contributed by atoms with E-state index in [1.807, 2.05) is 0 Å². The summed E-state index contributed by atoms with van der Waals surface area (Å²) in [5.74, 6) is 0.512. The summed E-state index contributed by atoms with van der Waals surface area (Å²) in [6, 6.07) is 3.28. The number of aliphatic hydroxyl groups excluding tert-OH is 1. The number of hydrogen-bond acceptors (Lipinski definition) is 3. The van der Waals surface area contributed by atoms with Gasteiger partial charge in [-0.15, -0.1) is 0 Å². The highest BCUT2D eigenvalue weighted by atomic mass is 79.9. The van der Waals surface area contributed by atoms with Crippen molar-refractivity contribution >= 4 is 15.9 Å². The zero-order chi connectivity index (χ0) is 10.7. The average Bonchev–Trinajstić information content (AvgIpc) is 2.10. The van der Waals surface area contributed by atoms with Gasteiger partial charge >= 0.3 is 0 Å². The van der Waals surface area contributed by atoms with Crippen LogP contribution in [0.5, 0.6) is 11.5 Å². The lowest BCUT2D eigenvalue weighted by atomic mass is 10.1. The Morgan fingerprint density at radius 1 is 1.50 bits per heavy atom. The van der Waals surface area contributed by atoms with Gasteiger partial charge in [-0.2, -0.15) is 0 Å². The average molecular weight is 261 g/mol. The molecule has 0 amide bonds. The molecule has 14 heavy (non-hydrogen) atoms. The van der Waals surface area contributed by atoms with Crippen molar-refractivity contribution in [3.8, 4) is 11.5 Å². The van der Waals surface area contributed by atoms with Gasteiger partial charge in [0.25, 0.3) is 0 Å². The Morgan fingerprint density at radius 3 is 2.64 bits per heavy atom. The van der Waals surface area contributed by atoms with Crippen LogP contribution in [0.4, 0.5) is 0 Å². The SMILES string of the molecule is COc1cc(Br)c(C[C@@H](C)O)cc1O. The molecule has 0 saturated heterocycles. The molecule has 1 atom stereocenters. The highest BCUT2D eigenvalue weighted by molar-refractivity contribution is 9.10. The van der Waals surface area contributed by atoms with E-state index in [4.69, 9.17) is 4.74 Å². The second-order valence-corrected chi connectivity index (χ2v) is 4.02. The predicted molar refractivity (Wildman–Crippen MR) is 57.7 cm³/mol. The molecule has 1 rings (SSSR count). The molecule has 0 fully saturated rings. The quantitative estimate of drug-likeness (QED) is 0.875. The molecule has 0 spiro atoms. The highest BCUT2D eigenvalue weighted by Gasteiger charge is 2.09. The van der Waals surface area contributed by atoms with Crippen LogP contribution in [0.2, 0.25) is 0 Å². The first-order valence-corrected chi connectivity index (χ1v) is 5.07. The van der Waals surface area contributed by atoms with Crippen molar-refractivity contribution in [1.82, 2.24) is 0 Å². The number of benzene rings is 1. The molecule has 3 nitrogen and oxygen atoms in total. The van der Waals surface area contributed by atoms with Gasteiger partial charge in [0.2, 0.25) is 0 Å². The Morgan fingerprint density at radius 2 is 2.14 bits per heavy atom. The van der Waals surface area contributed by atoms with Gasteiger partial charge in [-0.1, -0.05) is 15.9 Å². The van der Waals surface area contributed by atoms with E-state index in [-0.39, 0.29) is 5.75 Å². The van der Waals surface area contributed by atoms with E-state index >= 15 is 0 Å². The maximum absolute atomic E-state index is 9.50. The molecule has 4 heteroatoms. The second kappa shape index (κ2) is 4.66. The van der Waals surface area contributed by atoms with Crippen molar-refractivity contribution in [1.29, 1.82) is 0 Å². The van der Waals surface area contributed by atoms with Gasteiger partial charge in [0.05, 0.1) is 13.2 Å². The normalized spacial score (nSPS) is 12.6. The van der Waals surface area contributed by atoms with E-state index < -0.39 is 6.10 Å². The van der Waals surface area contributed by atoms with Crippen LogP contribution in [0, 0.1) is 0 Å². The first kappa shape index (κ1) is 11.3.